The van der Waals surface area contributed by atoms with Gasteiger partial charge in [0.05, 0.1) is 5.69 Å². The van der Waals surface area contributed by atoms with Crippen LogP contribution in [0, 0.1) is 0 Å². The van der Waals surface area contributed by atoms with Crippen molar-refractivity contribution in [1.82, 2.24) is 4.48 Å². The molecule has 4 aliphatic rings. The highest BCUT2D eigenvalue weighted by molar-refractivity contribution is 7.26. The normalized spacial score (nSPS) is 18.7. The van der Waals surface area contributed by atoms with E-state index in [0.29, 0.717) is 0 Å². The molecule has 14 rings (SSSR count). The minimum atomic E-state index is -0.176. The maximum absolute atomic E-state index is 7.67. The molecule has 0 bridgehead atoms. The van der Waals surface area contributed by atoms with Crippen molar-refractivity contribution in [3.63, 3.8) is 0 Å². The molecule has 2 aliphatic heterocycles. The molecule has 3 nitrogen and oxygen atoms in total. The van der Waals surface area contributed by atoms with Gasteiger partial charge in [0.25, 0.3) is 0 Å². The van der Waals surface area contributed by atoms with Crippen LogP contribution in [-0.4, -0.2) is 11.3 Å². The summed E-state index contributed by atoms with van der Waals surface area (Å²) in [4.78, 5) is 2.65. The minimum absolute atomic E-state index is 0.0462. The van der Waals surface area contributed by atoms with E-state index in [2.05, 4.69) is 180 Å². The summed E-state index contributed by atoms with van der Waals surface area (Å²) >= 11 is 1.95. The third kappa shape index (κ3) is 4.62. The second-order valence-electron chi connectivity index (χ2n) is 22.2. The number of aromatic nitrogens is 1. The van der Waals surface area contributed by atoms with Crippen molar-refractivity contribution in [2.75, 3.05) is 4.90 Å². The summed E-state index contributed by atoms with van der Waals surface area (Å²) in [6.45, 7) is 19.4. The topological polar surface area (TPSA) is 21.3 Å². The molecule has 0 saturated heterocycles. The molecule has 7 aromatic carbocycles. The molecular formula is C58H51BN2OS. The van der Waals surface area contributed by atoms with Gasteiger partial charge < -0.3 is 13.8 Å². The zero-order chi connectivity index (χ0) is 42.7. The number of para-hydroxylation sites is 1. The fourth-order valence-corrected chi connectivity index (χ4v) is 14.2. The lowest BCUT2D eigenvalue weighted by atomic mass is 9.47. The number of anilines is 3. The first kappa shape index (κ1) is 36.7. The number of hydrogen-bond acceptors (Lipinski definition) is 3. The summed E-state index contributed by atoms with van der Waals surface area (Å²) in [7, 11) is 0. The Morgan fingerprint density at radius 3 is 1.97 bits per heavy atom. The first-order chi connectivity index (χ1) is 30.2. The van der Waals surface area contributed by atoms with Crippen molar-refractivity contribution < 1.29 is 4.42 Å². The number of benzene rings is 7. The molecule has 0 fully saturated rings. The Hall–Kier alpha value is -5.78. The van der Waals surface area contributed by atoms with Gasteiger partial charge in [-0.1, -0.05) is 122 Å². The van der Waals surface area contributed by atoms with E-state index < -0.39 is 0 Å². The molecule has 2 aliphatic carbocycles. The number of nitrogens with zero attached hydrogens (tertiary/aromatic N) is 2. The number of hydrogen-bond donors (Lipinski definition) is 0. The Labute approximate surface area is 373 Å². The summed E-state index contributed by atoms with van der Waals surface area (Å²) in [5.41, 5.74) is 18.4. The van der Waals surface area contributed by atoms with Gasteiger partial charge >= 0.3 is 6.85 Å². The van der Waals surface area contributed by atoms with Crippen molar-refractivity contribution in [3.05, 3.63) is 138 Å². The van der Waals surface area contributed by atoms with Crippen LogP contribution in [-0.2, 0) is 21.7 Å². The molecule has 10 aromatic rings. The summed E-state index contributed by atoms with van der Waals surface area (Å²) in [5.74, 6) is 0. The molecule has 0 radical (unpaired) electrons. The minimum Gasteiger partial charge on any atom is -0.466 e. The molecule has 0 saturated carbocycles. The average molecular weight is 835 g/mol. The number of furan rings is 1. The van der Waals surface area contributed by atoms with Crippen LogP contribution in [0.15, 0.2) is 120 Å². The van der Waals surface area contributed by atoms with Gasteiger partial charge in [-0.3, -0.25) is 0 Å². The van der Waals surface area contributed by atoms with Crippen LogP contribution in [0.3, 0.4) is 0 Å². The third-order valence-corrected chi connectivity index (χ3v) is 17.9. The van der Waals surface area contributed by atoms with Crippen molar-refractivity contribution in [2.45, 2.75) is 103 Å². The van der Waals surface area contributed by atoms with Crippen LogP contribution in [0.5, 0.6) is 0 Å². The van der Waals surface area contributed by atoms with Gasteiger partial charge in [0, 0.05) is 69.9 Å². The third-order valence-electron chi connectivity index (χ3n) is 16.6. The predicted octanol–water partition coefficient (Wildman–Crippen LogP) is 15.2. The zero-order valence-corrected chi connectivity index (χ0v) is 38.4. The largest absolute Gasteiger partial charge is 0.466 e. The lowest BCUT2D eigenvalue weighted by Gasteiger charge is -2.43. The van der Waals surface area contributed by atoms with Gasteiger partial charge in [0.2, 0.25) is 0 Å². The lowest BCUT2D eigenvalue weighted by Crippen LogP contribution is -2.56. The van der Waals surface area contributed by atoms with Gasteiger partial charge in [0.1, 0.15) is 11.2 Å². The molecule has 308 valence electrons. The monoisotopic (exact) mass is 834 g/mol. The smallest absolute Gasteiger partial charge is 0.376 e. The van der Waals surface area contributed by atoms with E-state index in [4.69, 9.17) is 4.42 Å². The van der Waals surface area contributed by atoms with Gasteiger partial charge in [0.15, 0.2) is 0 Å². The fourth-order valence-electron chi connectivity index (χ4n) is 12.9. The predicted molar refractivity (Wildman–Crippen MR) is 271 cm³/mol. The molecule has 0 N–H and O–H groups in total. The van der Waals surface area contributed by atoms with Crippen LogP contribution >= 0.6 is 11.3 Å². The number of rotatable bonds is 1. The highest BCUT2D eigenvalue weighted by atomic mass is 32.1. The first-order valence-corrected chi connectivity index (χ1v) is 24.0. The molecule has 0 atom stereocenters. The molecule has 0 spiro atoms. The van der Waals surface area contributed by atoms with Crippen molar-refractivity contribution in [3.8, 4) is 11.1 Å². The van der Waals surface area contributed by atoms with Crippen molar-refractivity contribution in [2.24, 2.45) is 0 Å². The fraction of sp³-hybridized carbons (Fsp3) is 0.276. The summed E-state index contributed by atoms with van der Waals surface area (Å²) < 4.78 is 13.0. The van der Waals surface area contributed by atoms with Gasteiger partial charge in [-0.2, -0.15) is 0 Å². The van der Waals surface area contributed by atoms with Crippen LogP contribution in [0.2, 0.25) is 0 Å². The Morgan fingerprint density at radius 1 is 0.556 bits per heavy atom. The Morgan fingerprint density at radius 2 is 1.21 bits per heavy atom. The van der Waals surface area contributed by atoms with Crippen molar-refractivity contribution in [1.29, 1.82) is 0 Å². The highest BCUT2D eigenvalue weighted by Gasteiger charge is 2.49. The number of thiophene rings is 1. The van der Waals surface area contributed by atoms with E-state index in [1.165, 1.54) is 127 Å². The maximum atomic E-state index is 7.67. The van der Waals surface area contributed by atoms with Gasteiger partial charge in [-0.25, -0.2) is 0 Å². The average Bonchev–Trinajstić information content (AvgIpc) is 3.94. The second kappa shape index (κ2) is 11.7. The molecule has 5 heterocycles. The Bertz CT molecular complexity index is 3720. The van der Waals surface area contributed by atoms with Crippen LogP contribution in [0.1, 0.15) is 103 Å². The van der Waals surface area contributed by atoms with Gasteiger partial charge in [-0.05, 0) is 134 Å². The van der Waals surface area contributed by atoms with Crippen LogP contribution < -0.4 is 16.0 Å². The summed E-state index contributed by atoms with van der Waals surface area (Å²) in [6.07, 6.45) is 4.68. The quantitative estimate of drug-likeness (QED) is 0.154. The van der Waals surface area contributed by atoms with E-state index in [9.17, 15) is 0 Å². The second-order valence-corrected chi connectivity index (χ2v) is 23.2. The molecule has 5 heteroatoms. The highest BCUT2D eigenvalue weighted by Crippen LogP contribution is 2.55. The molecule has 0 amide bonds. The maximum Gasteiger partial charge on any atom is 0.376 e. The van der Waals surface area contributed by atoms with E-state index in [1.807, 2.05) is 11.3 Å². The SMILES string of the molecule is CC1(C)CCC(C)(C)c2cc(N3c4cc5c(sc6ccccc65)c5c4B(c4oc6cc7c(cc6c43)C(C)(C)CCC7(C)C)n3c4cc6ccccc6cc4c4cccc-5c43)ccc21. The first-order valence-electron chi connectivity index (χ1n) is 23.2. The van der Waals surface area contributed by atoms with E-state index >= 15 is 0 Å². The molecule has 63 heavy (non-hydrogen) atoms. The standard InChI is InChI=1S/C58H51BN2OS/c1-55(2)22-23-56(3,4)42-28-34(20-21-41(42)55)60-46-30-39-35-16-11-12-19-48(35)63-53(39)49-37-18-13-17-36-38-26-32-14-9-10-15-33(32)27-45(38)61(51(36)37)59(50(46)49)54-52(60)40-29-43-44(31-47(40)62-54)58(7,8)25-24-57(43,5)6/h9-21,26-31H,22-25H2,1-8H3. The number of fused-ring (bicyclic) bond motifs is 16. The summed E-state index contributed by atoms with van der Waals surface area (Å²) in [6, 6.07) is 44.9. The van der Waals surface area contributed by atoms with E-state index in [0.717, 1.165) is 24.1 Å². The molecular weight excluding hydrogens is 784 g/mol. The molecule has 3 aromatic heterocycles. The van der Waals surface area contributed by atoms with Crippen LogP contribution in [0.25, 0.3) is 74.8 Å². The zero-order valence-electron chi connectivity index (χ0n) is 37.6. The molecule has 0 unspecified atom stereocenters. The van der Waals surface area contributed by atoms with Crippen molar-refractivity contribution >= 4 is 110 Å². The van der Waals surface area contributed by atoms with E-state index in [1.54, 1.807) is 0 Å². The lowest BCUT2D eigenvalue weighted by molar-refractivity contribution is 0.332. The van der Waals surface area contributed by atoms with Crippen LogP contribution in [0.4, 0.5) is 17.1 Å². The Kier molecular flexibility index (Phi) is 6.79. The van der Waals surface area contributed by atoms with E-state index in [-0.39, 0.29) is 28.5 Å². The summed E-state index contributed by atoms with van der Waals surface area (Å²) in [5, 5.41) is 9.00. The Balaban J connectivity index is 1.19. The van der Waals surface area contributed by atoms with Gasteiger partial charge in [-0.15, -0.1) is 11.3 Å².